The quantitative estimate of drug-likeness (QED) is 0.193. The highest BCUT2D eigenvalue weighted by atomic mass is 79.9. The molecule has 1 heterocycles. The van der Waals surface area contributed by atoms with Crippen LogP contribution in [-0.4, -0.2) is 35.2 Å². The van der Waals surface area contributed by atoms with Gasteiger partial charge in [-0.3, -0.25) is 19.3 Å². The van der Waals surface area contributed by atoms with Crippen molar-refractivity contribution in [2.75, 3.05) is 18.5 Å². The van der Waals surface area contributed by atoms with Gasteiger partial charge in [0.1, 0.15) is 5.82 Å². The molecule has 0 atom stereocenters. The van der Waals surface area contributed by atoms with E-state index in [0.717, 1.165) is 28.1 Å². The number of rotatable bonds is 9. The van der Waals surface area contributed by atoms with Crippen LogP contribution in [0.4, 0.5) is 14.9 Å². The van der Waals surface area contributed by atoms with Crippen LogP contribution in [0.5, 0.6) is 11.5 Å². The molecule has 1 N–H and O–H groups in total. The van der Waals surface area contributed by atoms with Crippen molar-refractivity contribution in [1.82, 2.24) is 4.90 Å². The molecule has 0 aliphatic carbocycles. The van der Waals surface area contributed by atoms with E-state index in [-0.39, 0.29) is 29.2 Å². The summed E-state index contributed by atoms with van der Waals surface area (Å²) in [5.74, 6) is -0.547. The number of nitrogens with one attached hydrogen (secondary N) is 1. The molecule has 7 nitrogen and oxygen atoms in total. The molecule has 41 heavy (non-hydrogen) atoms. The Labute approximate surface area is 248 Å². The fourth-order valence-corrected chi connectivity index (χ4v) is 5.74. The van der Waals surface area contributed by atoms with Crippen molar-refractivity contribution in [2.45, 2.75) is 13.5 Å². The van der Waals surface area contributed by atoms with Crippen molar-refractivity contribution >= 4 is 67.3 Å². The number of halogens is 2. The first-order chi connectivity index (χ1) is 19.8. The Balaban J connectivity index is 1.32. The van der Waals surface area contributed by atoms with Gasteiger partial charge in [0.05, 0.1) is 22.5 Å². The predicted octanol–water partition coefficient (Wildman–Crippen LogP) is 7.39. The maximum Gasteiger partial charge on any atom is 0.293 e. The van der Waals surface area contributed by atoms with Crippen molar-refractivity contribution < 1.29 is 28.2 Å². The van der Waals surface area contributed by atoms with E-state index in [9.17, 15) is 18.8 Å². The number of benzene rings is 4. The minimum atomic E-state index is -0.435. The molecule has 4 aromatic carbocycles. The molecule has 0 saturated carbocycles. The van der Waals surface area contributed by atoms with Crippen LogP contribution in [0.25, 0.3) is 16.8 Å². The summed E-state index contributed by atoms with van der Waals surface area (Å²) in [6.45, 7) is 1.99. The van der Waals surface area contributed by atoms with Crippen molar-refractivity contribution in [3.05, 3.63) is 105 Å². The van der Waals surface area contributed by atoms with Crippen molar-refractivity contribution in [3.63, 3.8) is 0 Å². The molecule has 1 saturated heterocycles. The largest absolute Gasteiger partial charge is 0.490 e. The molecule has 0 bridgehead atoms. The maximum atomic E-state index is 13.3. The topological polar surface area (TPSA) is 84.9 Å². The number of imide groups is 1. The van der Waals surface area contributed by atoms with Crippen LogP contribution in [0, 0.1) is 5.82 Å². The number of fused-ring (bicyclic) bond motifs is 1. The molecule has 208 valence electrons. The lowest BCUT2D eigenvalue weighted by Gasteiger charge is -2.15. The molecule has 0 aromatic heterocycles. The van der Waals surface area contributed by atoms with E-state index >= 15 is 0 Å². The molecule has 1 aliphatic rings. The second kappa shape index (κ2) is 12.6. The molecule has 0 unspecified atom stereocenters. The van der Waals surface area contributed by atoms with Crippen LogP contribution in [0.1, 0.15) is 18.1 Å². The monoisotopic (exact) mass is 634 g/mol. The Morgan fingerprint density at radius 2 is 1.78 bits per heavy atom. The summed E-state index contributed by atoms with van der Waals surface area (Å²) in [5.41, 5.74) is 1.94. The molecular weight excluding hydrogens is 611 g/mol. The van der Waals surface area contributed by atoms with Crippen molar-refractivity contribution in [2.24, 2.45) is 0 Å². The fourth-order valence-electron chi connectivity index (χ4n) is 4.33. The zero-order chi connectivity index (χ0) is 28.9. The predicted molar refractivity (Wildman–Crippen MR) is 161 cm³/mol. The molecule has 5 rings (SSSR count). The Morgan fingerprint density at radius 1 is 1.02 bits per heavy atom. The van der Waals surface area contributed by atoms with Gasteiger partial charge in [-0.05, 0) is 99.0 Å². The molecule has 0 radical (unpaired) electrons. The Kier molecular flexibility index (Phi) is 8.70. The third kappa shape index (κ3) is 6.61. The lowest BCUT2D eigenvalue weighted by atomic mass is 10.0. The molecule has 4 aromatic rings. The van der Waals surface area contributed by atoms with Gasteiger partial charge in [-0.2, -0.15) is 0 Å². The summed E-state index contributed by atoms with van der Waals surface area (Å²) in [4.78, 5) is 40.0. The van der Waals surface area contributed by atoms with E-state index in [1.807, 2.05) is 49.4 Å². The average Bonchev–Trinajstić information content (AvgIpc) is 3.21. The first-order valence-electron chi connectivity index (χ1n) is 12.7. The number of carbonyl (C=O) groups is 3. The number of thioether (sulfide) groups is 1. The number of anilines is 1. The van der Waals surface area contributed by atoms with Crippen molar-refractivity contribution in [3.8, 4) is 11.5 Å². The summed E-state index contributed by atoms with van der Waals surface area (Å²) in [7, 11) is 0. The zero-order valence-corrected chi connectivity index (χ0v) is 24.3. The fraction of sp³-hybridized carbons (Fsp3) is 0.129. The Morgan fingerprint density at radius 3 is 2.56 bits per heavy atom. The number of hydrogen-bond donors (Lipinski definition) is 1. The second-order valence-electron chi connectivity index (χ2n) is 9.01. The number of ether oxygens (including phenoxy) is 2. The molecule has 0 spiro atoms. The summed E-state index contributed by atoms with van der Waals surface area (Å²) >= 11 is 4.35. The number of carbonyl (C=O) groups excluding carboxylic acids is 3. The third-order valence-corrected chi connectivity index (χ3v) is 7.68. The third-order valence-electron chi connectivity index (χ3n) is 6.19. The van der Waals surface area contributed by atoms with Crippen LogP contribution in [-0.2, 0) is 16.1 Å². The highest BCUT2D eigenvalue weighted by Gasteiger charge is 2.35. The second-order valence-corrected chi connectivity index (χ2v) is 10.9. The maximum absolute atomic E-state index is 13.3. The zero-order valence-electron chi connectivity index (χ0n) is 21.9. The molecule has 10 heteroatoms. The van der Waals surface area contributed by atoms with Gasteiger partial charge >= 0.3 is 0 Å². The smallest absolute Gasteiger partial charge is 0.293 e. The van der Waals surface area contributed by atoms with Crippen LogP contribution >= 0.6 is 27.7 Å². The standard InChI is InChI=1S/C31H24BrFN2O5S/c1-2-39-26-15-19(14-25(32)29(26)40-18-28(36)34-23-12-10-22(33)11-13-23)16-27-30(37)35(31(38)41-27)17-21-8-5-7-20-6-3-4-9-24(20)21/h3-16H,2,17-18H2,1H3,(H,34,36)/b27-16+. The van der Waals surface area contributed by atoms with Crippen LogP contribution < -0.4 is 14.8 Å². The summed E-state index contributed by atoms with van der Waals surface area (Å²) < 4.78 is 25.1. The van der Waals surface area contributed by atoms with Gasteiger partial charge in [-0.15, -0.1) is 0 Å². The first kappa shape index (κ1) is 28.4. The van der Waals surface area contributed by atoms with E-state index in [0.29, 0.717) is 33.8 Å². The molecule has 3 amide bonds. The van der Waals surface area contributed by atoms with Gasteiger partial charge in [0.15, 0.2) is 18.1 Å². The minimum Gasteiger partial charge on any atom is -0.490 e. The number of hydrogen-bond acceptors (Lipinski definition) is 6. The van der Waals surface area contributed by atoms with Crippen LogP contribution in [0.15, 0.2) is 88.2 Å². The van der Waals surface area contributed by atoms with Crippen LogP contribution in [0.3, 0.4) is 0 Å². The van der Waals surface area contributed by atoms with Gasteiger partial charge in [0, 0.05) is 5.69 Å². The van der Waals surface area contributed by atoms with E-state index in [1.165, 1.54) is 29.2 Å². The number of nitrogens with zero attached hydrogens (tertiary/aromatic N) is 1. The number of amides is 3. The molecule has 1 aliphatic heterocycles. The lowest BCUT2D eigenvalue weighted by molar-refractivity contribution is -0.123. The summed E-state index contributed by atoms with van der Waals surface area (Å²) in [5, 5.41) is 4.32. The van der Waals surface area contributed by atoms with Crippen LogP contribution in [0.2, 0.25) is 0 Å². The summed E-state index contributed by atoms with van der Waals surface area (Å²) in [6.07, 6.45) is 1.63. The lowest BCUT2D eigenvalue weighted by Crippen LogP contribution is -2.27. The molecule has 1 fully saturated rings. The van der Waals surface area contributed by atoms with E-state index in [1.54, 1.807) is 18.2 Å². The first-order valence-corrected chi connectivity index (χ1v) is 14.3. The van der Waals surface area contributed by atoms with E-state index < -0.39 is 11.7 Å². The van der Waals surface area contributed by atoms with E-state index in [2.05, 4.69) is 21.2 Å². The van der Waals surface area contributed by atoms with Gasteiger partial charge in [-0.25, -0.2) is 4.39 Å². The van der Waals surface area contributed by atoms with Gasteiger partial charge in [0.25, 0.3) is 17.1 Å². The van der Waals surface area contributed by atoms with E-state index in [4.69, 9.17) is 9.47 Å². The molecular formula is C31H24BrFN2O5S. The Hall–Kier alpha value is -4.15. The van der Waals surface area contributed by atoms with Gasteiger partial charge < -0.3 is 14.8 Å². The SMILES string of the molecule is CCOc1cc(/C=C2/SC(=O)N(Cc3cccc4ccccc34)C2=O)cc(Br)c1OCC(=O)Nc1ccc(F)cc1. The summed E-state index contributed by atoms with van der Waals surface area (Å²) in [6, 6.07) is 22.5. The van der Waals surface area contributed by atoms with Gasteiger partial charge in [0.2, 0.25) is 0 Å². The highest BCUT2D eigenvalue weighted by Crippen LogP contribution is 2.40. The average molecular weight is 636 g/mol. The highest BCUT2D eigenvalue weighted by molar-refractivity contribution is 9.10. The Bertz CT molecular complexity index is 1670. The normalized spacial score (nSPS) is 14.1. The van der Waals surface area contributed by atoms with Crippen molar-refractivity contribution in [1.29, 1.82) is 0 Å². The van der Waals surface area contributed by atoms with Gasteiger partial charge in [-0.1, -0.05) is 42.5 Å². The minimum absolute atomic E-state index is 0.171.